The van der Waals surface area contributed by atoms with Gasteiger partial charge in [0.2, 0.25) is 0 Å². The molecule has 0 N–H and O–H groups in total. The fraction of sp³-hybridized carbons (Fsp3) is 0.391. The third kappa shape index (κ3) is 3.19. The predicted molar refractivity (Wildman–Crippen MR) is 103 cm³/mol. The van der Waals surface area contributed by atoms with Crippen molar-refractivity contribution in [1.29, 1.82) is 0 Å². The maximum absolute atomic E-state index is 12.7. The first-order chi connectivity index (χ1) is 14.5. The van der Waals surface area contributed by atoms with Gasteiger partial charge in [0.25, 0.3) is 5.97 Å². The molecule has 3 heterocycles. The van der Waals surface area contributed by atoms with E-state index in [9.17, 15) is 9.59 Å². The van der Waals surface area contributed by atoms with Crippen LogP contribution in [0.5, 0.6) is 0 Å². The second-order valence-corrected chi connectivity index (χ2v) is 7.94. The Hall–Kier alpha value is -2.74. The zero-order valence-corrected chi connectivity index (χ0v) is 16.6. The van der Waals surface area contributed by atoms with E-state index in [0.29, 0.717) is 11.1 Å². The van der Waals surface area contributed by atoms with Gasteiger partial charge in [0.15, 0.2) is 12.2 Å². The van der Waals surface area contributed by atoms with Gasteiger partial charge in [-0.05, 0) is 24.3 Å². The van der Waals surface area contributed by atoms with Gasteiger partial charge in [-0.1, -0.05) is 43.3 Å². The molecule has 1 saturated carbocycles. The number of carbonyl (C=O) groups excluding carboxylic acids is 2. The Kier molecular flexibility index (Phi) is 4.61. The minimum atomic E-state index is -1.25. The maximum Gasteiger partial charge on any atom is 0.338 e. The Morgan fingerprint density at radius 2 is 1.13 bits per heavy atom. The number of benzene rings is 2. The summed E-state index contributed by atoms with van der Waals surface area (Å²) in [6.07, 6.45) is -2.99. The molecule has 156 valence electrons. The zero-order valence-electron chi connectivity index (χ0n) is 16.6. The average molecular weight is 410 g/mol. The summed E-state index contributed by atoms with van der Waals surface area (Å²) in [4.78, 5) is 25.4. The van der Waals surface area contributed by atoms with E-state index >= 15 is 0 Å². The second-order valence-electron chi connectivity index (χ2n) is 7.94. The van der Waals surface area contributed by atoms with Crippen molar-refractivity contribution < 1.29 is 33.3 Å². The number of ether oxygens (including phenoxy) is 5. The van der Waals surface area contributed by atoms with E-state index in [2.05, 4.69) is 0 Å². The lowest BCUT2D eigenvalue weighted by atomic mass is 9.76. The first kappa shape index (κ1) is 19.2. The molecule has 4 bridgehead atoms. The molecular weight excluding hydrogens is 388 g/mol. The van der Waals surface area contributed by atoms with Crippen molar-refractivity contribution in [2.45, 2.75) is 50.3 Å². The normalized spacial score (nSPS) is 36.3. The molecule has 7 nitrogen and oxygen atoms in total. The van der Waals surface area contributed by atoms with Crippen LogP contribution in [0.2, 0.25) is 0 Å². The molecule has 30 heavy (non-hydrogen) atoms. The van der Waals surface area contributed by atoms with Crippen molar-refractivity contribution in [2.24, 2.45) is 5.92 Å². The minimum absolute atomic E-state index is 0.166. The van der Waals surface area contributed by atoms with Crippen molar-refractivity contribution >= 4 is 11.9 Å². The smallest absolute Gasteiger partial charge is 0.338 e. The summed E-state index contributed by atoms with van der Waals surface area (Å²) in [5.41, 5.74) is 0.860. The van der Waals surface area contributed by atoms with Gasteiger partial charge in [0.05, 0.1) is 11.1 Å². The van der Waals surface area contributed by atoms with Gasteiger partial charge in [0.1, 0.15) is 18.3 Å². The van der Waals surface area contributed by atoms with E-state index < -0.39 is 48.4 Å². The van der Waals surface area contributed by atoms with Crippen LogP contribution in [0.3, 0.4) is 0 Å². The van der Waals surface area contributed by atoms with Crippen LogP contribution in [-0.2, 0) is 23.7 Å². The van der Waals surface area contributed by atoms with Crippen molar-refractivity contribution in [3.63, 3.8) is 0 Å². The Morgan fingerprint density at radius 3 is 1.57 bits per heavy atom. The van der Waals surface area contributed by atoms with E-state index in [1.807, 2.05) is 19.1 Å². The molecule has 4 fully saturated rings. The van der Waals surface area contributed by atoms with Gasteiger partial charge in [-0.25, -0.2) is 9.59 Å². The lowest BCUT2D eigenvalue weighted by molar-refractivity contribution is -0.526. The molecule has 0 aromatic heterocycles. The molecular formula is C23H22O7. The number of rotatable bonds is 4. The highest BCUT2D eigenvalue weighted by molar-refractivity contribution is 5.90. The molecule has 6 rings (SSSR count). The Bertz CT molecular complexity index is 873. The first-order valence-electron chi connectivity index (χ1n) is 10.0. The molecule has 4 aliphatic rings. The van der Waals surface area contributed by atoms with E-state index in [1.165, 1.54) is 0 Å². The molecule has 2 aromatic carbocycles. The van der Waals surface area contributed by atoms with Gasteiger partial charge in [-0.15, -0.1) is 0 Å². The third-order valence-corrected chi connectivity index (χ3v) is 5.89. The summed E-state index contributed by atoms with van der Waals surface area (Å²) in [5, 5.41) is 0. The predicted octanol–water partition coefficient (Wildman–Crippen LogP) is 2.94. The van der Waals surface area contributed by atoms with Crippen LogP contribution in [0, 0.1) is 5.92 Å². The van der Waals surface area contributed by atoms with Crippen LogP contribution in [0.25, 0.3) is 0 Å². The topological polar surface area (TPSA) is 80.3 Å². The van der Waals surface area contributed by atoms with Crippen LogP contribution < -0.4 is 0 Å². The summed E-state index contributed by atoms with van der Waals surface area (Å²) < 4.78 is 29.5. The number of hydrogen-bond acceptors (Lipinski definition) is 7. The van der Waals surface area contributed by atoms with Gasteiger partial charge in [-0.3, -0.25) is 0 Å². The Labute approximate surface area is 173 Å². The molecule has 6 unspecified atom stereocenters. The van der Waals surface area contributed by atoms with Gasteiger partial charge in [0, 0.05) is 12.8 Å². The van der Waals surface area contributed by atoms with E-state index in [1.54, 1.807) is 55.5 Å². The van der Waals surface area contributed by atoms with Crippen LogP contribution in [0.4, 0.5) is 0 Å². The molecule has 1 aliphatic carbocycles. The highest BCUT2D eigenvalue weighted by atomic mass is 16.9. The molecule has 3 saturated heterocycles. The van der Waals surface area contributed by atoms with Crippen LogP contribution in [-0.4, -0.2) is 48.4 Å². The molecule has 0 amide bonds. The quantitative estimate of drug-likeness (QED) is 0.717. The van der Waals surface area contributed by atoms with Crippen LogP contribution in [0.1, 0.15) is 34.6 Å². The van der Waals surface area contributed by atoms with Crippen LogP contribution in [0.15, 0.2) is 60.7 Å². The molecule has 0 radical (unpaired) electrons. The molecule has 0 spiro atoms. The summed E-state index contributed by atoms with van der Waals surface area (Å²) in [6.45, 7) is 3.61. The van der Waals surface area contributed by atoms with Crippen molar-refractivity contribution in [2.75, 3.05) is 0 Å². The number of esters is 2. The SMILES string of the molecule is CC1C2OC3(C)OC(C2OC(=O)c2ccccc2)C(OC(=O)c2ccccc2)[C@@H]1O3. The van der Waals surface area contributed by atoms with Gasteiger partial charge >= 0.3 is 11.9 Å². The molecule has 2 aromatic rings. The van der Waals surface area contributed by atoms with E-state index in [0.717, 1.165) is 0 Å². The minimum Gasteiger partial charge on any atom is -0.453 e. The Balaban J connectivity index is 1.41. The highest BCUT2D eigenvalue weighted by Gasteiger charge is 2.67. The lowest BCUT2D eigenvalue weighted by Crippen LogP contribution is -2.77. The second kappa shape index (κ2) is 7.19. The molecule has 7 atom stereocenters. The van der Waals surface area contributed by atoms with Crippen molar-refractivity contribution in [3.8, 4) is 0 Å². The fourth-order valence-corrected chi connectivity index (χ4v) is 4.45. The summed E-state index contributed by atoms with van der Waals surface area (Å²) in [5.74, 6) is -2.38. The van der Waals surface area contributed by atoms with Gasteiger partial charge < -0.3 is 23.7 Å². The summed E-state index contributed by atoms with van der Waals surface area (Å²) in [6, 6.07) is 17.4. The van der Waals surface area contributed by atoms with Crippen molar-refractivity contribution in [3.05, 3.63) is 71.8 Å². The van der Waals surface area contributed by atoms with E-state index in [-0.39, 0.29) is 5.92 Å². The van der Waals surface area contributed by atoms with Crippen molar-refractivity contribution in [1.82, 2.24) is 0 Å². The standard InChI is InChI=1S/C23H22O7/c1-13-16-18(26-21(24)14-9-5-3-6-10-14)20-19(17(13)29-23(2,28-16)30-20)27-22(25)15-11-7-4-8-12-15/h3-13,16-20H,1-2H3/t13?,16-,17?,18?,19?,20?,23?/m1/s1. The number of carbonyl (C=O) groups is 2. The largest absolute Gasteiger partial charge is 0.453 e. The lowest BCUT2D eigenvalue weighted by Gasteiger charge is -2.61. The van der Waals surface area contributed by atoms with Crippen LogP contribution >= 0.6 is 0 Å². The average Bonchev–Trinajstić information content (AvgIpc) is 2.76. The van der Waals surface area contributed by atoms with Gasteiger partial charge in [-0.2, -0.15) is 0 Å². The molecule has 7 heteroatoms. The summed E-state index contributed by atoms with van der Waals surface area (Å²) >= 11 is 0. The van der Waals surface area contributed by atoms with E-state index in [4.69, 9.17) is 23.7 Å². The first-order valence-corrected chi connectivity index (χ1v) is 10.0. The summed E-state index contributed by atoms with van der Waals surface area (Å²) in [7, 11) is 0. The zero-order chi connectivity index (χ0) is 20.9. The Morgan fingerprint density at radius 1 is 0.733 bits per heavy atom. The number of hydrogen-bond donors (Lipinski definition) is 0. The highest BCUT2D eigenvalue weighted by Crippen LogP contribution is 2.49. The molecule has 3 aliphatic heterocycles. The third-order valence-electron chi connectivity index (χ3n) is 5.89. The fourth-order valence-electron chi connectivity index (χ4n) is 4.45. The monoisotopic (exact) mass is 410 g/mol. The maximum atomic E-state index is 12.7.